The Hall–Kier alpha value is -1.59. The highest BCUT2D eigenvalue weighted by molar-refractivity contribution is 5.94. The van der Waals surface area contributed by atoms with Gasteiger partial charge in [0.15, 0.2) is 0 Å². The van der Waals surface area contributed by atoms with Gasteiger partial charge in [0.25, 0.3) is 0 Å². The van der Waals surface area contributed by atoms with Crippen LogP contribution in [0.3, 0.4) is 0 Å². The lowest BCUT2D eigenvalue weighted by molar-refractivity contribution is -0.148. The fourth-order valence-electron chi connectivity index (χ4n) is 2.43. The van der Waals surface area contributed by atoms with Crippen molar-refractivity contribution in [2.45, 2.75) is 44.7 Å². The lowest BCUT2D eigenvalue weighted by Crippen LogP contribution is -2.58. The summed E-state index contributed by atoms with van der Waals surface area (Å²) in [5.74, 6) is -1.69. The average Bonchev–Trinajstić information content (AvgIpc) is 3.04. The molecule has 2 aliphatic rings. The zero-order chi connectivity index (χ0) is 13.5. The van der Waals surface area contributed by atoms with E-state index >= 15 is 0 Å². The second-order valence-corrected chi connectivity index (χ2v) is 5.50. The van der Waals surface area contributed by atoms with Crippen LogP contribution in [0.1, 0.15) is 33.1 Å². The van der Waals surface area contributed by atoms with Crippen LogP contribution in [0.15, 0.2) is 0 Å². The van der Waals surface area contributed by atoms with Gasteiger partial charge in [0, 0.05) is 6.42 Å². The number of rotatable bonds is 4. The summed E-state index contributed by atoms with van der Waals surface area (Å²) in [7, 11) is 0. The van der Waals surface area contributed by atoms with Crippen molar-refractivity contribution < 1.29 is 19.5 Å². The van der Waals surface area contributed by atoms with E-state index in [1.165, 1.54) is 6.92 Å². The van der Waals surface area contributed by atoms with Gasteiger partial charge in [0.1, 0.15) is 11.6 Å². The van der Waals surface area contributed by atoms with Gasteiger partial charge in [-0.25, -0.2) is 4.79 Å². The summed E-state index contributed by atoms with van der Waals surface area (Å²) in [6.45, 7) is 3.34. The molecule has 3 atom stereocenters. The number of carboxylic acid groups (broad SMARTS) is 1. The van der Waals surface area contributed by atoms with Crippen LogP contribution in [0, 0.1) is 11.8 Å². The third-order valence-corrected chi connectivity index (χ3v) is 3.90. The van der Waals surface area contributed by atoms with E-state index in [4.69, 9.17) is 0 Å². The van der Waals surface area contributed by atoms with Gasteiger partial charge in [-0.05, 0) is 31.6 Å². The summed E-state index contributed by atoms with van der Waals surface area (Å²) >= 11 is 0. The quantitative estimate of drug-likeness (QED) is 0.651. The van der Waals surface area contributed by atoms with Crippen molar-refractivity contribution >= 4 is 17.8 Å². The predicted molar refractivity (Wildman–Crippen MR) is 62.6 cm³/mol. The molecule has 2 rings (SSSR count). The van der Waals surface area contributed by atoms with E-state index in [2.05, 4.69) is 10.6 Å². The third kappa shape index (κ3) is 2.19. The minimum Gasteiger partial charge on any atom is -0.480 e. The van der Waals surface area contributed by atoms with Crippen molar-refractivity contribution in [3.63, 3.8) is 0 Å². The highest BCUT2D eigenvalue weighted by atomic mass is 16.4. The molecule has 2 fully saturated rings. The summed E-state index contributed by atoms with van der Waals surface area (Å²) in [5.41, 5.74) is -1.22. The molecule has 1 heterocycles. The average molecular weight is 254 g/mol. The van der Waals surface area contributed by atoms with Crippen molar-refractivity contribution in [2.24, 2.45) is 11.8 Å². The van der Waals surface area contributed by atoms with Gasteiger partial charge in [0.05, 0.1) is 0 Å². The molecule has 18 heavy (non-hydrogen) atoms. The third-order valence-electron chi connectivity index (χ3n) is 3.90. The second kappa shape index (κ2) is 4.26. The van der Waals surface area contributed by atoms with Crippen LogP contribution in [0.25, 0.3) is 0 Å². The Morgan fingerprint density at radius 3 is 2.44 bits per heavy atom. The van der Waals surface area contributed by atoms with Crippen LogP contribution in [-0.2, 0) is 14.4 Å². The number of carboxylic acids is 1. The Balaban J connectivity index is 2.06. The molecule has 0 spiro atoms. The number of hydrogen-bond acceptors (Lipinski definition) is 3. The van der Waals surface area contributed by atoms with Crippen LogP contribution in [0.4, 0.5) is 0 Å². The fourth-order valence-corrected chi connectivity index (χ4v) is 2.43. The predicted octanol–water partition coefficient (Wildman–Crippen LogP) is -0.119. The number of amides is 2. The summed E-state index contributed by atoms with van der Waals surface area (Å²) in [4.78, 5) is 34.6. The zero-order valence-electron chi connectivity index (χ0n) is 10.5. The fraction of sp³-hybridized carbons (Fsp3) is 0.750. The molecule has 1 saturated heterocycles. The topological polar surface area (TPSA) is 95.5 Å². The van der Waals surface area contributed by atoms with Gasteiger partial charge in [-0.2, -0.15) is 0 Å². The first-order valence-electron chi connectivity index (χ1n) is 6.19. The first-order valence-corrected chi connectivity index (χ1v) is 6.19. The summed E-state index contributed by atoms with van der Waals surface area (Å²) in [6.07, 6.45) is 1.94. The Morgan fingerprint density at radius 1 is 1.44 bits per heavy atom. The molecule has 0 radical (unpaired) electrons. The maximum Gasteiger partial charge on any atom is 0.329 e. The normalized spacial score (nSPS) is 30.4. The Morgan fingerprint density at radius 2 is 2.06 bits per heavy atom. The second-order valence-electron chi connectivity index (χ2n) is 5.50. The zero-order valence-corrected chi connectivity index (χ0v) is 10.5. The smallest absolute Gasteiger partial charge is 0.329 e. The summed E-state index contributed by atoms with van der Waals surface area (Å²) in [5, 5.41) is 14.4. The summed E-state index contributed by atoms with van der Waals surface area (Å²) < 4.78 is 0. The van der Waals surface area contributed by atoms with E-state index in [1.807, 2.05) is 0 Å². The molecule has 6 nitrogen and oxygen atoms in total. The van der Waals surface area contributed by atoms with E-state index < -0.39 is 23.5 Å². The molecule has 3 unspecified atom stereocenters. The highest BCUT2D eigenvalue weighted by Gasteiger charge is 2.50. The van der Waals surface area contributed by atoms with Gasteiger partial charge >= 0.3 is 5.97 Å². The van der Waals surface area contributed by atoms with Crippen molar-refractivity contribution in [1.82, 2.24) is 10.6 Å². The molecule has 0 bridgehead atoms. The molecule has 1 aliphatic carbocycles. The molecule has 100 valence electrons. The Labute approximate surface area is 105 Å². The minimum atomic E-state index is -1.22. The first kappa shape index (κ1) is 12.9. The number of aliphatic carboxylic acids is 1. The van der Waals surface area contributed by atoms with E-state index in [-0.39, 0.29) is 17.7 Å². The molecular formula is C12H18N2O4. The Bertz CT molecular complexity index is 405. The van der Waals surface area contributed by atoms with E-state index in [9.17, 15) is 19.5 Å². The molecule has 1 saturated carbocycles. The van der Waals surface area contributed by atoms with Crippen LogP contribution in [-0.4, -0.2) is 34.5 Å². The lowest BCUT2D eigenvalue weighted by Gasteiger charge is -2.28. The standard InChI is InChI=1S/C12H18N2O4/c1-6-5-8(15)13-9(6)10(16)14-12(2,11(17)18)7-3-4-7/h6-7,9H,3-5H2,1-2H3,(H,13,15)(H,14,16)(H,17,18). The molecule has 0 aromatic rings. The van der Waals surface area contributed by atoms with Crippen LogP contribution in [0.2, 0.25) is 0 Å². The largest absolute Gasteiger partial charge is 0.480 e. The molecular weight excluding hydrogens is 236 g/mol. The first-order chi connectivity index (χ1) is 8.34. The molecule has 0 aromatic carbocycles. The summed E-state index contributed by atoms with van der Waals surface area (Å²) in [6, 6.07) is -0.616. The van der Waals surface area contributed by atoms with E-state index in [1.54, 1.807) is 6.92 Å². The maximum atomic E-state index is 12.1. The van der Waals surface area contributed by atoms with Crippen LogP contribution < -0.4 is 10.6 Å². The van der Waals surface area contributed by atoms with Crippen LogP contribution in [0.5, 0.6) is 0 Å². The van der Waals surface area contributed by atoms with E-state index in [0.29, 0.717) is 6.42 Å². The molecule has 2 amide bonds. The van der Waals surface area contributed by atoms with Gasteiger partial charge in [0.2, 0.25) is 11.8 Å². The van der Waals surface area contributed by atoms with Gasteiger partial charge in [-0.3, -0.25) is 9.59 Å². The van der Waals surface area contributed by atoms with Crippen LogP contribution >= 0.6 is 0 Å². The molecule has 1 aliphatic heterocycles. The van der Waals surface area contributed by atoms with Gasteiger partial charge in [-0.1, -0.05) is 6.92 Å². The monoisotopic (exact) mass is 254 g/mol. The van der Waals surface area contributed by atoms with Gasteiger partial charge in [-0.15, -0.1) is 0 Å². The lowest BCUT2D eigenvalue weighted by atomic mass is 9.94. The van der Waals surface area contributed by atoms with Gasteiger partial charge < -0.3 is 15.7 Å². The number of hydrogen-bond donors (Lipinski definition) is 3. The number of carbonyl (C=O) groups excluding carboxylic acids is 2. The molecule has 6 heteroatoms. The molecule has 0 aromatic heterocycles. The van der Waals surface area contributed by atoms with E-state index in [0.717, 1.165) is 12.8 Å². The van der Waals surface area contributed by atoms with Crippen molar-refractivity contribution in [3.8, 4) is 0 Å². The minimum absolute atomic E-state index is 0.00800. The van der Waals surface area contributed by atoms with Crippen molar-refractivity contribution in [1.29, 1.82) is 0 Å². The van der Waals surface area contributed by atoms with Crippen molar-refractivity contribution in [3.05, 3.63) is 0 Å². The maximum absolute atomic E-state index is 12.1. The molecule has 3 N–H and O–H groups in total. The number of nitrogens with one attached hydrogen (secondary N) is 2. The SMILES string of the molecule is CC1CC(=O)NC1C(=O)NC(C)(C(=O)O)C1CC1. The Kier molecular flexibility index (Phi) is 3.04. The van der Waals surface area contributed by atoms with Crippen molar-refractivity contribution in [2.75, 3.05) is 0 Å². The highest BCUT2D eigenvalue weighted by Crippen LogP contribution is 2.39. The number of carbonyl (C=O) groups is 3.